The fraction of sp³-hybridized carbons (Fsp3) is 0.833. The first-order chi connectivity index (χ1) is 9.10. The number of thioether (sulfide) groups is 1. The van der Waals surface area contributed by atoms with E-state index in [0.29, 0.717) is 18.2 Å². The summed E-state index contributed by atoms with van der Waals surface area (Å²) in [5, 5.41) is 11.8. The van der Waals surface area contributed by atoms with Gasteiger partial charge in [-0.15, -0.1) is 11.8 Å². The van der Waals surface area contributed by atoms with E-state index in [9.17, 15) is 9.59 Å². The van der Waals surface area contributed by atoms with Crippen LogP contribution in [0.25, 0.3) is 0 Å². The van der Waals surface area contributed by atoms with Crippen molar-refractivity contribution in [3.63, 3.8) is 0 Å². The lowest BCUT2D eigenvalue weighted by Gasteiger charge is -2.22. The maximum atomic E-state index is 11.9. The number of urea groups is 1. The van der Waals surface area contributed by atoms with Crippen LogP contribution in [0.5, 0.6) is 0 Å². The average Bonchev–Trinajstić information content (AvgIpc) is 2.88. The molecule has 0 saturated carbocycles. The van der Waals surface area contributed by atoms with E-state index in [0.717, 1.165) is 26.1 Å². The third-order valence-electron chi connectivity index (χ3n) is 3.25. The quantitative estimate of drug-likeness (QED) is 0.681. The highest BCUT2D eigenvalue weighted by atomic mass is 32.2. The summed E-state index contributed by atoms with van der Waals surface area (Å²) in [4.78, 5) is 26.5. The Bertz CT molecular complexity index is 311. The highest BCUT2D eigenvalue weighted by Gasteiger charge is 2.34. The fourth-order valence-electron chi connectivity index (χ4n) is 1.99. The van der Waals surface area contributed by atoms with Gasteiger partial charge in [0.15, 0.2) is 0 Å². The van der Waals surface area contributed by atoms with Crippen LogP contribution in [-0.2, 0) is 4.79 Å². The number of carboxylic acids is 1. The standard InChI is InChI=1S/C12H23N3O3S/c1-3-14(4-2)7-5-6-13-12(18)15-9-19-8-10(15)11(16)17/h10H,3-9H2,1-2H3,(H,13,18)(H,16,17)/t10-/m0/s1. The summed E-state index contributed by atoms with van der Waals surface area (Å²) >= 11 is 1.47. The van der Waals surface area contributed by atoms with Gasteiger partial charge in [-0.3, -0.25) is 0 Å². The van der Waals surface area contributed by atoms with Gasteiger partial charge in [0.1, 0.15) is 6.04 Å². The van der Waals surface area contributed by atoms with Gasteiger partial charge in [0, 0.05) is 12.3 Å². The molecule has 0 aliphatic carbocycles. The minimum atomic E-state index is -0.928. The zero-order chi connectivity index (χ0) is 14.3. The van der Waals surface area contributed by atoms with E-state index < -0.39 is 12.0 Å². The van der Waals surface area contributed by atoms with Gasteiger partial charge < -0.3 is 20.2 Å². The van der Waals surface area contributed by atoms with E-state index in [1.165, 1.54) is 16.7 Å². The average molecular weight is 289 g/mol. The second-order valence-corrected chi connectivity index (χ2v) is 5.44. The molecular weight excluding hydrogens is 266 g/mol. The molecule has 1 rings (SSSR count). The second kappa shape index (κ2) is 8.27. The summed E-state index contributed by atoms with van der Waals surface area (Å²) in [5.41, 5.74) is 0. The molecule has 1 atom stereocenters. The molecule has 0 aromatic heterocycles. The molecule has 7 heteroatoms. The van der Waals surface area contributed by atoms with Crippen molar-refractivity contribution in [2.75, 3.05) is 37.8 Å². The van der Waals surface area contributed by atoms with Crippen molar-refractivity contribution in [3.05, 3.63) is 0 Å². The highest BCUT2D eigenvalue weighted by molar-refractivity contribution is 7.99. The Morgan fingerprint density at radius 2 is 2.11 bits per heavy atom. The summed E-state index contributed by atoms with van der Waals surface area (Å²) in [5.74, 6) is 0.00408. The van der Waals surface area contributed by atoms with Crippen LogP contribution < -0.4 is 5.32 Å². The van der Waals surface area contributed by atoms with Gasteiger partial charge in [-0.25, -0.2) is 9.59 Å². The number of amides is 2. The van der Waals surface area contributed by atoms with Crippen LogP contribution in [0.2, 0.25) is 0 Å². The van der Waals surface area contributed by atoms with E-state index in [2.05, 4.69) is 24.1 Å². The zero-order valence-electron chi connectivity index (χ0n) is 11.6. The van der Waals surface area contributed by atoms with E-state index in [1.54, 1.807) is 0 Å². The molecule has 0 aromatic rings. The molecule has 2 N–H and O–H groups in total. The number of hydrogen-bond acceptors (Lipinski definition) is 4. The van der Waals surface area contributed by atoms with Crippen LogP contribution in [0, 0.1) is 0 Å². The molecule has 1 heterocycles. The van der Waals surface area contributed by atoms with Gasteiger partial charge in [-0.1, -0.05) is 13.8 Å². The number of carbonyl (C=O) groups is 2. The van der Waals surface area contributed by atoms with Crippen molar-refractivity contribution in [3.8, 4) is 0 Å². The molecule has 0 radical (unpaired) electrons. The summed E-state index contributed by atoms with van der Waals surface area (Å²) in [7, 11) is 0. The molecule has 0 bridgehead atoms. The molecule has 2 amide bonds. The maximum absolute atomic E-state index is 11.9. The van der Waals surface area contributed by atoms with E-state index in [1.807, 2.05) is 0 Å². The van der Waals surface area contributed by atoms with E-state index in [-0.39, 0.29) is 6.03 Å². The van der Waals surface area contributed by atoms with Crippen molar-refractivity contribution in [1.82, 2.24) is 15.1 Å². The fourth-order valence-corrected chi connectivity index (χ4v) is 3.13. The van der Waals surface area contributed by atoms with Gasteiger partial charge in [0.25, 0.3) is 0 Å². The topological polar surface area (TPSA) is 72.9 Å². The molecular formula is C12H23N3O3S. The monoisotopic (exact) mass is 289 g/mol. The SMILES string of the molecule is CCN(CC)CCCNC(=O)N1CSC[C@H]1C(=O)O. The van der Waals surface area contributed by atoms with E-state index in [4.69, 9.17) is 5.11 Å². The van der Waals surface area contributed by atoms with Crippen molar-refractivity contribution in [2.24, 2.45) is 0 Å². The minimum Gasteiger partial charge on any atom is -0.480 e. The third-order valence-corrected chi connectivity index (χ3v) is 4.26. The normalized spacial score (nSPS) is 18.9. The number of carbonyl (C=O) groups excluding carboxylic acids is 1. The maximum Gasteiger partial charge on any atom is 0.327 e. The molecule has 1 aliphatic rings. The molecule has 110 valence electrons. The Morgan fingerprint density at radius 3 is 2.68 bits per heavy atom. The van der Waals surface area contributed by atoms with Crippen LogP contribution in [0.15, 0.2) is 0 Å². The predicted molar refractivity (Wildman–Crippen MR) is 76.4 cm³/mol. The number of rotatable bonds is 7. The Balaban J connectivity index is 2.26. The number of carboxylic acid groups (broad SMARTS) is 1. The summed E-state index contributed by atoms with van der Waals surface area (Å²) in [6.45, 7) is 7.78. The smallest absolute Gasteiger partial charge is 0.327 e. The third kappa shape index (κ3) is 4.91. The predicted octanol–water partition coefficient (Wildman–Crippen LogP) is 0.887. The molecule has 1 saturated heterocycles. The Kier molecular flexibility index (Phi) is 7.01. The molecule has 1 aliphatic heterocycles. The Morgan fingerprint density at radius 1 is 1.42 bits per heavy atom. The molecule has 1 fully saturated rings. The lowest BCUT2D eigenvalue weighted by molar-refractivity contribution is -0.140. The first-order valence-electron chi connectivity index (χ1n) is 6.67. The minimum absolute atomic E-state index is 0.267. The Labute approximate surface area is 118 Å². The van der Waals surface area contributed by atoms with Gasteiger partial charge in [-0.05, 0) is 26.1 Å². The Hall–Kier alpha value is -0.950. The number of nitrogens with one attached hydrogen (secondary N) is 1. The lowest BCUT2D eigenvalue weighted by atomic mass is 10.3. The van der Waals surface area contributed by atoms with Crippen LogP contribution in [0.3, 0.4) is 0 Å². The molecule has 0 unspecified atom stereocenters. The van der Waals surface area contributed by atoms with Crippen molar-refractivity contribution >= 4 is 23.8 Å². The van der Waals surface area contributed by atoms with Crippen molar-refractivity contribution in [2.45, 2.75) is 26.3 Å². The second-order valence-electron chi connectivity index (χ2n) is 4.44. The van der Waals surface area contributed by atoms with Crippen LogP contribution in [0.4, 0.5) is 4.79 Å². The van der Waals surface area contributed by atoms with Gasteiger partial charge in [0.2, 0.25) is 0 Å². The number of hydrogen-bond donors (Lipinski definition) is 2. The molecule has 0 spiro atoms. The number of nitrogens with zero attached hydrogens (tertiary/aromatic N) is 2. The molecule has 19 heavy (non-hydrogen) atoms. The summed E-state index contributed by atoms with van der Waals surface area (Å²) in [6.07, 6.45) is 0.881. The number of aliphatic carboxylic acids is 1. The van der Waals surface area contributed by atoms with Gasteiger partial charge in [0.05, 0.1) is 5.88 Å². The van der Waals surface area contributed by atoms with Crippen LogP contribution in [-0.4, -0.2) is 70.8 Å². The van der Waals surface area contributed by atoms with Gasteiger partial charge >= 0.3 is 12.0 Å². The molecule has 0 aromatic carbocycles. The van der Waals surface area contributed by atoms with Crippen molar-refractivity contribution in [1.29, 1.82) is 0 Å². The first-order valence-corrected chi connectivity index (χ1v) is 7.83. The summed E-state index contributed by atoms with van der Waals surface area (Å²) < 4.78 is 0. The van der Waals surface area contributed by atoms with Gasteiger partial charge in [-0.2, -0.15) is 0 Å². The molecule has 6 nitrogen and oxygen atoms in total. The van der Waals surface area contributed by atoms with Crippen molar-refractivity contribution < 1.29 is 14.7 Å². The highest BCUT2D eigenvalue weighted by Crippen LogP contribution is 2.20. The first kappa shape index (κ1) is 16.1. The summed E-state index contributed by atoms with van der Waals surface area (Å²) in [6, 6.07) is -0.954. The van der Waals surface area contributed by atoms with E-state index >= 15 is 0 Å². The zero-order valence-corrected chi connectivity index (χ0v) is 12.4. The largest absolute Gasteiger partial charge is 0.480 e. The van der Waals surface area contributed by atoms with Crippen LogP contribution >= 0.6 is 11.8 Å². The lowest BCUT2D eigenvalue weighted by Crippen LogP contribution is -2.47. The van der Waals surface area contributed by atoms with Crippen LogP contribution in [0.1, 0.15) is 20.3 Å².